The maximum Gasteiger partial charge on any atom is 0.472 e. The van der Waals surface area contributed by atoms with Crippen molar-refractivity contribution in [3.05, 3.63) is 78.9 Å². The first kappa shape index (κ1) is 59.7. The van der Waals surface area contributed by atoms with Crippen molar-refractivity contribution in [2.45, 2.75) is 98.2 Å². The van der Waals surface area contributed by atoms with Crippen LogP contribution in [0.25, 0.3) is 22.3 Å². The molecular formula is C38H49N16O26P3. The molecule has 10 rings (SSSR count). The third-order valence-corrected chi connectivity index (χ3v) is 16.1. The number of aliphatic hydroxyl groups excluding tert-OH is 6. The molecule has 0 spiro atoms. The predicted octanol–water partition coefficient (Wildman–Crippen LogP) is -7.01. The van der Waals surface area contributed by atoms with Crippen LogP contribution in [0.4, 0.5) is 23.5 Å². The van der Waals surface area contributed by atoms with E-state index in [9.17, 15) is 78.2 Å². The highest BCUT2D eigenvalue weighted by molar-refractivity contribution is 7.48. The van der Waals surface area contributed by atoms with Crippen molar-refractivity contribution in [3.8, 4) is 0 Å². The minimum absolute atomic E-state index is 0.184. The summed E-state index contributed by atoms with van der Waals surface area (Å²) in [6, 6.07) is 2.27. The number of nitrogen functional groups attached to an aromatic ring is 4. The SMILES string of the molecule is Nc1ccn([C@@H]2O[C@H](COP(=O)(O)O[C@H]3[C@@H](O)[C@H](n4cnc5c(=O)[nH]c(N)nc54)O[C@@H]3COP(=O)(O)O[C@H]3[C@@H](O)[C@H](n4ccc(N)nc4=O)O[C@@H]3COP(=O)(O)O[C@H]3[C@@H](O)[C@H](n4cnc5c(=O)[nH]c(N)nc54)O[C@@H]3CO)[C@@H](O)[C@H]2O)c(=O)n1. The number of phosphoric acid groups is 3. The Morgan fingerprint density at radius 3 is 1.25 bits per heavy atom. The number of ether oxygens (including phenoxy) is 4. The van der Waals surface area contributed by atoms with Crippen LogP contribution >= 0.6 is 23.5 Å². The molecular weight excluding hydrogens is 1190 g/mol. The van der Waals surface area contributed by atoms with Gasteiger partial charge in [0.15, 0.2) is 47.2 Å². The highest BCUT2D eigenvalue weighted by Crippen LogP contribution is 2.54. The van der Waals surface area contributed by atoms with E-state index in [0.29, 0.717) is 4.57 Å². The Morgan fingerprint density at radius 2 is 0.855 bits per heavy atom. The summed E-state index contributed by atoms with van der Waals surface area (Å²) in [4.78, 5) is 111. The molecule has 6 aromatic heterocycles. The van der Waals surface area contributed by atoms with Crippen LogP contribution in [-0.4, -0.2) is 203 Å². The van der Waals surface area contributed by atoms with Crippen molar-refractivity contribution in [2.75, 3.05) is 49.4 Å². The standard InChI is InChI=1S/C38H49N16O26P3/c39-15-1-3-51(37(63)45-15)31-20(57)19(56)12(75-31)6-71-81(65,66)80-26-14(77-34(23(26)60)54-10-44-18-28(54)48-36(42)50-30(18)62)8-73-83(69,70)79-25-13(76-32(22(25)59)52-4-2-16(40)46-38(52)64)7-72-82(67,68)78-24-11(5-55)74-33(21(24)58)53-9-43-17-27(53)47-35(41)49-29(17)61/h1-4,9-14,19-26,31-34,55-60H,5-8H2,(H,65,66)(H,67,68)(H,69,70)(H2,39,45,63)(H2,40,46,64)(H3,41,47,49,61)(H3,42,48,50,62)/t11-,12-,13-,14-,19-,20-,21-,22-,23-,24-,25-,26-,31-,32-,33-,34-/m1/s1. The van der Waals surface area contributed by atoms with Gasteiger partial charge in [0, 0.05) is 12.4 Å². The van der Waals surface area contributed by atoms with Crippen molar-refractivity contribution < 1.29 is 105 Å². The molecule has 0 bridgehead atoms. The van der Waals surface area contributed by atoms with E-state index in [1.54, 1.807) is 0 Å². The highest BCUT2D eigenvalue weighted by atomic mass is 31.2. The number of rotatable bonds is 20. The van der Waals surface area contributed by atoms with Gasteiger partial charge in [-0.3, -0.25) is 65.0 Å². The Morgan fingerprint density at radius 1 is 0.506 bits per heavy atom. The Hall–Kier alpha value is -6.41. The number of aromatic nitrogens is 12. The summed E-state index contributed by atoms with van der Waals surface area (Å²) in [5.74, 6) is -1.27. The Labute approximate surface area is 458 Å². The lowest BCUT2D eigenvalue weighted by atomic mass is 10.1. The zero-order chi connectivity index (χ0) is 59.8. The van der Waals surface area contributed by atoms with Crippen molar-refractivity contribution in [2.24, 2.45) is 0 Å². The number of H-pyrrole nitrogens is 2. The molecule has 45 heteroatoms. The van der Waals surface area contributed by atoms with Crippen LogP contribution in [0.15, 0.2) is 56.4 Å². The van der Waals surface area contributed by atoms with Gasteiger partial charge in [0.05, 0.1) is 39.1 Å². The summed E-state index contributed by atoms with van der Waals surface area (Å²) < 4.78 is 98.8. The lowest BCUT2D eigenvalue weighted by Gasteiger charge is -2.26. The molecule has 3 unspecified atom stereocenters. The molecule has 6 aromatic rings. The summed E-state index contributed by atoms with van der Waals surface area (Å²) in [5, 5.41) is 66.1. The van der Waals surface area contributed by atoms with E-state index in [2.05, 4.69) is 39.9 Å². The quantitative estimate of drug-likeness (QED) is 0.0316. The second-order valence-corrected chi connectivity index (χ2v) is 22.8. The number of nitrogens with zero attached hydrogens (tertiary/aromatic N) is 10. The maximum absolute atomic E-state index is 14.0. The average molecular weight is 1240 g/mol. The van der Waals surface area contributed by atoms with E-state index in [-0.39, 0.29) is 39.9 Å². The summed E-state index contributed by atoms with van der Waals surface area (Å²) >= 11 is 0. The number of phosphoric ester groups is 3. The lowest BCUT2D eigenvalue weighted by molar-refractivity contribution is -0.0648. The largest absolute Gasteiger partial charge is 0.472 e. The summed E-state index contributed by atoms with van der Waals surface area (Å²) in [7, 11) is -16.9. The number of anilines is 4. The molecule has 4 fully saturated rings. The molecule has 4 aliphatic heterocycles. The molecule has 4 aliphatic rings. The monoisotopic (exact) mass is 1240 g/mol. The molecule has 4 saturated heterocycles. The van der Waals surface area contributed by atoms with E-state index in [1.165, 1.54) is 6.07 Å². The Bertz CT molecular complexity index is 3810. The Kier molecular flexibility index (Phi) is 16.5. The van der Waals surface area contributed by atoms with Crippen molar-refractivity contribution in [3.63, 3.8) is 0 Å². The van der Waals surface area contributed by atoms with Crippen LogP contribution in [0, 0.1) is 0 Å². The molecule has 452 valence electrons. The lowest BCUT2D eigenvalue weighted by Crippen LogP contribution is -2.39. The van der Waals surface area contributed by atoms with Gasteiger partial charge >= 0.3 is 34.8 Å². The van der Waals surface area contributed by atoms with E-state index in [0.717, 1.165) is 44.8 Å². The second kappa shape index (κ2) is 22.9. The number of imidazole rings is 2. The molecule has 10 heterocycles. The molecule has 0 aromatic carbocycles. The van der Waals surface area contributed by atoms with E-state index in [4.69, 9.17) is 69.0 Å². The van der Waals surface area contributed by atoms with Gasteiger partial charge in [0.2, 0.25) is 11.9 Å². The third kappa shape index (κ3) is 12.0. The second-order valence-electron chi connectivity index (χ2n) is 18.5. The van der Waals surface area contributed by atoms with Gasteiger partial charge in [0.25, 0.3) is 11.1 Å². The van der Waals surface area contributed by atoms with Crippen LogP contribution in [-0.2, 0) is 59.8 Å². The first-order chi connectivity index (χ1) is 39.1. The molecule has 83 heavy (non-hydrogen) atoms. The fraction of sp³-hybridized carbons (Fsp3) is 0.526. The van der Waals surface area contributed by atoms with Gasteiger partial charge in [-0.1, -0.05) is 0 Å². The molecule has 0 saturated carbocycles. The van der Waals surface area contributed by atoms with Crippen molar-refractivity contribution in [1.29, 1.82) is 0 Å². The normalized spacial score (nSPS) is 32.3. The fourth-order valence-electron chi connectivity index (χ4n) is 9.30. The molecule has 19 atom stereocenters. The maximum atomic E-state index is 14.0. The average Bonchev–Trinajstić information content (AvgIpc) is 4.25. The van der Waals surface area contributed by atoms with Gasteiger partial charge in [0.1, 0.15) is 84.9 Å². The third-order valence-electron chi connectivity index (χ3n) is 13.1. The zero-order valence-corrected chi connectivity index (χ0v) is 44.3. The van der Waals surface area contributed by atoms with Gasteiger partial charge in [-0.15, -0.1) is 0 Å². The number of fused-ring (bicyclic) bond motifs is 2. The molecule has 0 radical (unpaired) electrons. The van der Waals surface area contributed by atoms with Crippen molar-refractivity contribution in [1.82, 2.24) is 58.1 Å². The van der Waals surface area contributed by atoms with Gasteiger partial charge < -0.3 is 87.2 Å². The highest BCUT2D eigenvalue weighted by Gasteiger charge is 2.55. The van der Waals surface area contributed by atoms with Gasteiger partial charge in [-0.05, 0) is 12.1 Å². The Balaban J connectivity index is 0.862. The van der Waals surface area contributed by atoms with Crippen LogP contribution < -0.4 is 45.4 Å². The first-order valence-corrected chi connectivity index (χ1v) is 28.4. The van der Waals surface area contributed by atoms with E-state index >= 15 is 0 Å². The summed E-state index contributed by atoms with van der Waals surface area (Å²) in [6.45, 7) is -4.52. The topological polar surface area (TPSA) is 627 Å². The minimum atomic E-state index is -5.76. The molecule has 42 nitrogen and oxygen atoms in total. The van der Waals surface area contributed by atoms with Crippen molar-refractivity contribution >= 4 is 69.3 Å². The van der Waals surface area contributed by atoms with Crippen LogP contribution in [0.1, 0.15) is 24.9 Å². The number of hydrogen-bond donors (Lipinski definition) is 15. The smallest absolute Gasteiger partial charge is 0.394 e. The van der Waals surface area contributed by atoms with E-state index in [1.807, 2.05) is 0 Å². The molecule has 0 amide bonds. The zero-order valence-electron chi connectivity index (χ0n) is 41.6. The predicted molar refractivity (Wildman–Crippen MR) is 266 cm³/mol. The fourth-order valence-corrected chi connectivity index (χ4v) is 12.2. The molecule has 0 aliphatic carbocycles. The van der Waals surface area contributed by atoms with E-state index < -0.39 is 177 Å². The van der Waals surface area contributed by atoms with Crippen LogP contribution in [0.2, 0.25) is 0 Å². The summed E-state index contributed by atoms with van der Waals surface area (Å²) in [6.07, 6.45) is -26.4. The number of aromatic amines is 2. The van der Waals surface area contributed by atoms with Gasteiger partial charge in [-0.2, -0.15) is 19.9 Å². The van der Waals surface area contributed by atoms with Crippen LogP contribution in [0.3, 0.4) is 0 Å². The number of nitrogens with one attached hydrogen (secondary N) is 2. The minimum Gasteiger partial charge on any atom is -0.394 e. The first-order valence-electron chi connectivity index (χ1n) is 23.9. The summed E-state index contributed by atoms with van der Waals surface area (Å²) in [5.41, 5.74) is 17.6. The number of aliphatic hydroxyl groups is 6. The number of nitrogens with two attached hydrogens (primary N) is 4. The number of hydrogen-bond acceptors (Lipinski definition) is 33. The van der Waals surface area contributed by atoms with Gasteiger partial charge in [-0.25, -0.2) is 33.3 Å². The molecule has 19 N–H and O–H groups in total. The van der Waals surface area contributed by atoms with Crippen LogP contribution in [0.5, 0.6) is 0 Å².